The zero-order valence-electron chi connectivity index (χ0n) is 11.4. The molecule has 0 spiro atoms. The molecule has 4 heteroatoms. The maximum absolute atomic E-state index is 11.9. The van der Waals surface area contributed by atoms with Gasteiger partial charge in [-0.05, 0) is 25.2 Å². The Morgan fingerprint density at radius 3 is 2.61 bits per heavy atom. The van der Waals surface area contributed by atoms with Crippen molar-refractivity contribution < 1.29 is 19.4 Å². The van der Waals surface area contributed by atoms with Crippen LogP contribution < -0.4 is 0 Å². The summed E-state index contributed by atoms with van der Waals surface area (Å²) in [6.45, 7) is 4.42. The smallest absolute Gasteiger partial charge is 0.309 e. The van der Waals surface area contributed by atoms with Gasteiger partial charge in [0.1, 0.15) is 0 Å². The Hall–Kier alpha value is -1.06. The fourth-order valence-corrected chi connectivity index (χ4v) is 2.73. The number of carboxylic acids is 1. The molecule has 4 nitrogen and oxygen atoms in total. The Balaban J connectivity index is 2.50. The van der Waals surface area contributed by atoms with Gasteiger partial charge in [-0.3, -0.25) is 9.59 Å². The second-order valence-electron chi connectivity index (χ2n) is 5.25. The molecule has 1 aliphatic carbocycles. The number of esters is 1. The lowest BCUT2D eigenvalue weighted by molar-refractivity contribution is -0.162. The quantitative estimate of drug-likeness (QED) is 0.586. The van der Waals surface area contributed by atoms with Gasteiger partial charge in [-0.2, -0.15) is 0 Å². The maximum Gasteiger partial charge on any atom is 0.309 e. The van der Waals surface area contributed by atoms with E-state index in [-0.39, 0.29) is 11.9 Å². The highest BCUT2D eigenvalue weighted by Crippen LogP contribution is 2.35. The molecule has 0 heterocycles. The second kappa shape index (κ2) is 7.39. The molecule has 1 fully saturated rings. The summed E-state index contributed by atoms with van der Waals surface area (Å²) in [6, 6.07) is 0. The molecule has 0 aromatic heterocycles. The van der Waals surface area contributed by atoms with Crippen LogP contribution in [0.2, 0.25) is 0 Å². The molecule has 18 heavy (non-hydrogen) atoms. The average Bonchev–Trinajstić information content (AvgIpc) is 2.33. The monoisotopic (exact) mass is 256 g/mol. The Morgan fingerprint density at radius 1 is 1.28 bits per heavy atom. The lowest BCUT2D eigenvalue weighted by Gasteiger charge is -2.32. The highest BCUT2D eigenvalue weighted by atomic mass is 16.5. The molecule has 0 amide bonds. The zero-order valence-corrected chi connectivity index (χ0v) is 11.4. The van der Waals surface area contributed by atoms with Crippen molar-refractivity contribution in [2.24, 2.45) is 17.8 Å². The van der Waals surface area contributed by atoms with Crippen LogP contribution in [0, 0.1) is 17.8 Å². The highest BCUT2D eigenvalue weighted by molar-refractivity contribution is 5.81. The summed E-state index contributed by atoms with van der Waals surface area (Å²) in [5.41, 5.74) is 0. The van der Waals surface area contributed by atoms with Crippen molar-refractivity contribution in [2.45, 2.75) is 52.4 Å². The highest BCUT2D eigenvalue weighted by Gasteiger charge is 2.40. The third kappa shape index (κ3) is 4.00. The number of rotatable bonds is 6. The van der Waals surface area contributed by atoms with Crippen LogP contribution in [-0.4, -0.2) is 23.7 Å². The fourth-order valence-electron chi connectivity index (χ4n) is 2.73. The fraction of sp³-hybridized carbons (Fsp3) is 0.857. The van der Waals surface area contributed by atoms with Crippen LogP contribution in [0.15, 0.2) is 0 Å². The Bertz CT molecular complexity index is 288. The van der Waals surface area contributed by atoms with Crippen molar-refractivity contribution in [3.63, 3.8) is 0 Å². The number of carboxylic acid groups (broad SMARTS) is 1. The normalized spacial score (nSPS) is 27.8. The van der Waals surface area contributed by atoms with Crippen molar-refractivity contribution in [3.8, 4) is 0 Å². The molecule has 0 radical (unpaired) electrons. The molecule has 0 aromatic carbocycles. The van der Waals surface area contributed by atoms with Crippen LogP contribution in [-0.2, 0) is 14.3 Å². The van der Waals surface area contributed by atoms with E-state index in [1.165, 1.54) is 0 Å². The number of hydrogen-bond donors (Lipinski definition) is 1. The molecule has 0 saturated heterocycles. The molecule has 104 valence electrons. The van der Waals surface area contributed by atoms with Gasteiger partial charge in [0.2, 0.25) is 0 Å². The van der Waals surface area contributed by atoms with Crippen LogP contribution in [0.5, 0.6) is 0 Å². The predicted molar refractivity (Wildman–Crippen MR) is 68.1 cm³/mol. The Labute approximate surface area is 109 Å². The van der Waals surface area contributed by atoms with Crippen molar-refractivity contribution in [2.75, 3.05) is 6.61 Å². The van der Waals surface area contributed by atoms with E-state index in [1.54, 1.807) is 0 Å². The van der Waals surface area contributed by atoms with Crippen molar-refractivity contribution in [1.29, 1.82) is 0 Å². The molecule has 3 atom stereocenters. The molecule has 1 aliphatic rings. The molecule has 3 unspecified atom stereocenters. The molecule has 0 aromatic rings. The van der Waals surface area contributed by atoms with Crippen molar-refractivity contribution in [3.05, 3.63) is 0 Å². The number of unbranched alkanes of at least 4 members (excludes halogenated alkanes) is 2. The van der Waals surface area contributed by atoms with Crippen LogP contribution in [0.25, 0.3) is 0 Å². The predicted octanol–water partition coefficient (Wildman–Crippen LogP) is 2.86. The average molecular weight is 256 g/mol. The van der Waals surface area contributed by atoms with Gasteiger partial charge in [-0.15, -0.1) is 0 Å². The summed E-state index contributed by atoms with van der Waals surface area (Å²) in [4.78, 5) is 23.2. The largest absolute Gasteiger partial charge is 0.481 e. The lowest BCUT2D eigenvalue weighted by atomic mass is 9.73. The van der Waals surface area contributed by atoms with E-state index in [9.17, 15) is 14.7 Å². The molecular weight excluding hydrogens is 232 g/mol. The SMILES string of the molecule is CCCCCOC(=O)C1CCCC(C)C1C(=O)O. The van der Waals surface area contributed by atoms with Gasteiger partial charge in [0.05, 0.1) is 18.4 Å². The van der Waals surface area contributed by atoms with E-state index in [4.69, 9.17) is 4.74 Å². The topological polar surface area (TPSA) is 63.6 Å². The zero-order chi connectivity index (χ0) is 13.5. The first-order valence-corrected chi connectivity index (χ1v) is 6.97. The standard InChI is InChI=1S/C14H24O4/c1-3-4-5-9-18-14(17)11-8-6-7-10(2)12(11)13(15)16/h10-12H,3-9H2,1-2H3,(H,15,16). The van der Waals surface area contributed by atoms with Gasteiger partial charge >= 0.3 is 11.9 Å². The van der Waals surface area contributed by atoms with Gasteiger partial charge in [-0.1, -0.05) is 33.1 Å². The minimum Gasteiger partial charge on any atom is -0.481 e. The van der Waals surface area contributed by atoms with E-state index in [0.29, 0.717) is 13.0 Å². The maximum atomic E-state index is 11.9. The van der Waals surface area contributed by atoms with Crippen molar-refractivity contribution in [1.82, 2.24) is 0 Å². The van der Waals surface area contributed by atoms with Crippen LogP contribution in [0.1, 0.15) is 52.4 Å². The molecule has 1 saturated carbocycles. The van der Waals surface area contributed by atoms with E-state index in [2.05, 4.69) is 6.92 Å². The third-order valence-electron chi connectivity index (χ3n) is 3.80. The van der Waals surface area contributed by atoms with E-state index >= 15 is 0 Å². The Kier molecular flexibility index (Phi) is 6.16. The minimum atomic E-state index is -0.863. The number of hydrogen-bond acceptors (Lipinski definition) is 3. The first-order valence-electron chi connectivity index (χ1n) is 6.97. The minimum absolute atomic E-state index is 0.0597. The number of aliphatic carboxylic acids is 1. The number of ether oxygens (including phenoxy) is 1. The summed E-state index contributed by atoms with van der Waals surface area (Å²) < 4.78 is 5.21. The van der Waals surface area contributed by atoms with Crippen LogP contribution in [0.3, 0.4) is 0 Å². The number of carbonyl (C=O) groups excluding carboxylic acids is 1. The summed E-state index contributed by atoms with van der Waals surface area (Å²) in [5.74, 6) is -2.14. The van der Waals surface area contributed by atoms with Gasteiger partial charge < -0.3 is 9.84 Å². The van der Waals surface area contributed by atoms with E-state index in [0.717, 1.165) is 32.1 Å². The Morgan fingerprint density at radius 2 is 2.00 bits per heavy atom. The molecule has 1 N–H and O–H groups in total. The first kappa shape index (κ1) is 15.0. The van der Waals surface area contributed by atoms with Gasteiger partial charge in [0.15, 0.2) is 0 Å². The molecule has 0 aliphatic heterocycles. The van der Waals surface area contributed by atoms with E-state index in [1.807, 2.05) is 6.92 Å². The van der Waals surface area contributed by atoms with Crippen molar-refractivity contribution >= 4 is 11.9 Å². The second-order valence-corrected chi connectivity index (χ2v) is 5.25. The third-order valence-corrected chi connectivity index (χ3v) is 3.80. The summed E-state index contributed by atoms with van der Waals surface area (Å²) >= 11 is 0. The number of carbonyl (C=O) groups is 2. The first-order chi connectivity index (χ1) is 8.57. The molecular formula is C14H24O4. The van der Waals surface area contributed by atoms with E-state index < -0.39 is 17.8 Å². The molecule has 1 rings (SSSR count). The summed E-state index contributed by atoms with van der Waals surface area (Å²) in [6.07, 6.45) is 5.43. The lowest BCUT2D eigenvalue weighted by Crippen LogP contribution is -2.38. The summed E-state index contributed by atoms with van der Waals surface area (Å²) in [5, 5.41) is 9.23. The summed E-state index contributed by atoms with van der Waals surface area (Å²) in [7, 11) is 0. The van der Waals surface area contributed by atoms with Crippen LogP contribution >= 0.6 is 0 Å². The van der Waals surface area contributed by atoms with Gasteiger partial charge in [-0.25, -0.2) is 0 Å². The van der Waals surface area contributed by atoms with Gasteiger partial charge in [0.25, 0.3) is 0 Å². The molecule has 0 bridgehead atoms. The van der Waals surface area contributed by atoms with Gasteiger partial charge in [0, 0.05) is 0 Å². The van der Waals surface area contributed by atoms with Crippen LogP contribution in [0.4, 0.5) is 0 Å².